The minimum atomic E-state index is 0.711. The highest BCUT2D eigenvalue weighted by Gasteiger charge is 2.01. The van der Waals surface area contributed by atoms with Crippen LogP contribution in [0.2, 0.25) is 0 Å². The van der Waals surface area contributed by atoms with Gasteiger partial charge in [0.1, 0.15) is 6.26 Å². The van der Waals surface area contributed by atoms with Crippen LogP contribution in [0.4, 0.5) is 0 Å². The molecule has 0 unspecified atom stereocenters. The molecule has 1 aromatic carbocycles. The summed E-state index contributed by atoms with van der Waals surface area (Å²) in [5.74, 6) is 0. The van der Waals surface area contributed by atoms with Gasteiger partial charge >= 0.3 is 0 Å². The quantitative estimate of drug-likeness (QED) is 0.731. The van der Waals surface area contributed by atoms with Gasteiger partial charge in [-0.25, -0.2) is 4.98 Å². The molecular weight excluding hydrogens is 176 g/mol. The van der Waals surface area contributed by atoms with Gasteiger partial charge in [-0.3, -0.25) is 0 Å². The standard InChI is InChI=1S/C11H10N2O/c14-8-11(13-7-6-12-9-13)10-4-2-1-3-5-10/h1-9,14H/b11-8-. The first-order valence-corrected chi connectivity index (χ1v) is 4.30. The molecule has 0 fully saturated rings. The summed E-state index contributed by atoms with van der Waals surface area (Å²) < 4.78 is 1.76. The lowest BCUT2D eigenvalue weighted by Gasteiger charge is -2.05. The van der Waals surface area contributed by atoms with Crippen molar-refractivity contribution in [1.82, 2.24) is 9.55 Å². The van der Waals surface area contributed by atoms with Crippen LogP contribution < -0.4 is 0 Å². The van der Waals surface area contributed by atoms with Gasteiger partial charge in [0, 0.05) is 18.0 Å². The van der Waals surface area contributed by atoms with E-state index in [1.54, 1.807) is 23.3 Å². The fraction of sp³-hybridized carbons (Fsp3) is 0. The summed E-state index contributed by atoms with van der Waals surface area (Å²) in [5.41, 5.74) is 1.66. The van der Waals surface area contributed by atoms with Crippen LogP contribution in [0.25, 0.3) is 5.70 Å². The summed E-state index contributed by atoms with van der Waals surface area (Å²) in [6, 6.07) is 9.65. The smallest absolute Gasteiger partial charge is 0.104 e. The van der Waals surface area contributed by atoms with Crippen molar-refractivity contribution in [3.8, 4) is 0 Å². The van der Waals surface area contributed by atoms with E-state index in [4.69, 9.17) is 5.11 Å². The molecule has 2 aromatic rings. The third-order valence-corrected chi connectivity index (χ3v) is 1.97. The maximum atomic E-state index is 9.14. The topological polar surface area (TPSA) is 38.0 Å². The number of aliphatic hydroxyl groups is 1. The molecule has 0 aliphatic rings. The van der Waals surface area contributed by atoms with Gasteiger partial charge in [-0.15, -0.1) is 0 Å². The summed E-state index contributed by atoms with van der Waals surface area (Å²) in [4.78, 5) is 3.93. The van der Waals surface area contributed by atoms with E-state index >= 15 is 0 Å². The Bertz CT molecular complexity index is 418. The largest absolute Gasteiger partial charge is 0.513 e. The van der Waals surface area contributed by atoms with Gasteiger partial charge in [-0.1, -0.05) is 30.3 Å². The second kappa shape index (κ2) is 3.79. The Labute approximate surface area is 82.0 Å². The van der Waals surface area contributed by atoms with Crippen LogP contribution in [0.15, 0.2) is 55.3 Å². The van der Waals surface area contributed by atoms with Crippen molar-refractivity contribution in [2.75, 3.05) is 0 Å². The average Bonchev–Trinajstić information content (AvgIpc) is 2.74. The molecule has 1 aromatic heterocycles. The monoisotopic (exact) mass is 186 g/mol. The maximum Gasteiger partial charge on any atom is 0.104 e. The molecule has 0 saturated heterocycles. The lowest BCUT2D eigenvalue weighted by Crippen LogP contribution is -1.95. The molecule has 2 rings (SSSR count). The summed E-state index contributed by atoms with van der Waals surface area (Å²) >= 11 is 0. The molecule has 70 valence electrons. The molecule has 3 heteroatoms. The van der Waals surface area contributed by atoms with E-state index in [-0.39, 0.29) is 0 Å². The predicted molar refractivity (Wildman–Crippen MR) is 54.7 cm³/mol. The normalized spacial score (nSPS) is 11.6. The molecule has 0 atom stereocenters. The minimum absolute atomic E-state index is 0.711. The zero-order valence-electron chi connectivity index (χ0n) is 7.54. The number of rotatable bonds is 2. The van der Waals surface area contributed by atoms with Crippen molar-refractivity contribution < 1.29 is 5.11 Å². The zero-order chi connectivity index (χ0) is 9.80. The molecule has 0 spiro atoms. The maximum absolute atomic E-state index is 9.14. The fourth-order valence-corrected chi connectivity index (χ4v) is 1.30. The van der Waals surface area contributed by atoms with Gasteiger partial charge in [0.05, 0.1) is 12.0 Å². The summed E-state index contributed by atoms with van der Waals surface area (Å²) in [6.45, 7) is 0. The van der Waals surface area contributed by atoms with Gasteiger partial charge in [0.15, 0.2) is 0 Å². The molecule has 0 radical (unpaired) electrons. The Balaban J connectivity index is 2.43. The molecule has 1 N–H and O–H groups in total. The highest BCUT2D eigenvalue weighted by Crippen LogP contribution is 2.14. The van der Waals surface area contributed by atoms with Crippen molar-refractivity contribution in [3.05, 3.63) is 60.9 Å². The van der Waals surface area contributed by atoms with Gasteiger partial charge in [-0.2, -0.15) is 0 Å². The number of hydrogen-bond donors (Lipinski definition) is 1. The van der Waals surface area contributed by atoms with Crippen LogP contribution in [0.3, 0.4) is 0 Å². The lowest BCUT2D eigenvalue weighted by molar-refractivity contribution is 0.473. The number of imidazole rings is 1. The molecule has 3 nitrogen and oxygen atoms in total. The van der Waals surface area contributed by atoms with E-state index in [0.717, 1.165) is 11.8 Å². The molecule has 0 saturated carbocycles. The average molecular weight is 186 g/mol. The Morgan fingerprint density at radius 1 is 1.29 bits per heavy atom. The van der Waals surface area contributed by atoms with Crippen molar-refractivity contribution in [3.63, 3.8) is 0 Å². The first-order chi connectivity index (χ1) is 6.92. The van der Waals surface area contributed by atoms with Gasteiger partial charge < -0.3 is 9.67 Å². The summed E-state index contributed by atoms with van der Waals surface area (Å²) in [5, 5.41) is 9.14. The molecule has 0 aliphatic carbocycles. The highest BCUT2D eigenvalue weighted by molar-refractivity contribution is 5.64. The van der Waals surface area contributed by atoms with Crippen LogP contribution in [0.5, 0.6) is 0 Å². The van der Waals surface area contributed by atoms with Crippen molar-refractivity contribution in [1.29, 1.82) is 0 Å². The third-order valence-electron chi connectivity index (χ3n) is 1.97. The Morgan fingerprint density at radius 2 is 2.07 bits per heavy atom. The van der Waals surface area contributed by atoms with Crippen molar-refractivity contribution in [2.24, 2.45) is 0 Å². The van der Waals surface area contributed by atoms with E-state index in [1.165, 1.54) is 0 Å². The second-order valence-corrected chi connectivity index (χ2v) is 2.85. The van der Waals surface area contributed by atoms with Crippen LogP contribution in [0.1, 0.15) is 5.56 Å². The summed E-state index contributed by atoms with van der Waals surface area (Å²) in [7, 11) is 0. The van der Waals surface area contributed by atoms with Crippen molar-refractivity contribution >= 4 is 5.70 Å². The number of benzene rings is 1. The van der Waals surface area contributed by atoms with Crippen LogP contribution in [-0.2, 0) is 0 Å². The lowest BCUT2D eigenvalue weighted by atomic mass is 10.2. The highest BCUT2D eigenvalue weighted by atomic mass is 16.2. The molecule has 0 aliphatic heterocycles. The predicted octanol–water partition coefficient (Wildman–Crippen LogP) is 2.29. The van der Waals surface area contributed by atoms with E-state index < -0.39 is 0 Å². The number of nitrogens with zero attached hydrogens (tertiary/aromatic N) is 2. The fourth-order valence-electron chi connectivity index (χ4n) is 1.30. The zero-order valence-corrected chi connectivity index (χ0v) is 7.54. The van der Waals surface area contributed by atoms with Crippen molar-refractivity contribution in [2.45, 2.75) is 0 Å². The SMILES string of the molecule is O/C=C(/c1ccccc1)n1ccnc1. The first kappa shape index (κ1) is 8.56. The summed E-state index contributed by atoms with van der Waals surface area (Å²) in [6.07, 6.45) is 6.19. The first-order valence-electron chi connectivity index (χ1n) is 4.30. The molecule has 1 heterocycles. The Morgan fingerprint density at radius 3 is 2.64 bits per heavy atom. The van der Waals surface area contributed by atoms with E-state index in [2.05, 4.69) is 4.98 Å². The number of aliphatic hydroxyl groups excluding tert-OH is 1. The molecule has 14 heavy (non-hydrogen) atoms. The van der Waals surface area contributed by atoms with Crippen LogP contribution in [0, 0.1) is 0 Å². The molecule has 0 bridgehead atoms. The second-order valence-electron chi connectivity index (χ2n) is 2.85. The van der Waals surface area contributed by atoms with Gasteiger partial charge in [-0.05, 0) is 0 Å². The number of aromatic nitrogens is 2. The van der Waals surface area contributed by atoms with E-state index in [0.29, 0.717) is 5.70 Å². The third kappa shape index (κ3) is 1.52. The van der Waals surface area contributed by atoms with E-state index in [1.807, 2.05) is 30.3 Å². The Hall–Kier alpha value is -2.03. The van der Waals surface area contributed by atoms with E-state index in [9.17, 15) is 0 Å². The van der Waals surface area contributed by atoms with Gasteiger partial charge in [0.2, 0.25) is 0 Å². The molecular formula is C11H10N2O. The van der Waals surface area contributed by atoms with Crippen LogP contribution in [-0.4, -0.2) is 14.7 Å². The Kier molecular flexibility index (Phi) is 2.32. The minimum Gasteiger partial charge on any atom is -0.513 e. The number of hydrogen-bond acceptors (Lipinski definition) is 2. The van der Waals surface area contributed by atoms with Crippen LogP contribution >= 0.6 is 0 Å². The van der Waals surface area contributed by atoms with Gasteiger partial charge in [0.25, 0.3) is 0 Å². The molecule has 0 amide bonds.